The Morgan fingerprint density at radius 3 is 2.79 bits per heavy atom. The van der Waals surface area contributed by atoms with Crippen LogP contribution in [0, 0.1) is 0 Å². The molecule has 0 saturated carbocycles. The van der Waals surface area contributed by atoms with Crippen LogP contribution in [0.15, 0.2) is 36.7 Å². The highest BCUT2D eigenvalue weighted by molar-refractivity contribution is 6.35. The van der Waals surface area contributed by atoms with Crippen LogP contribution in [0.4, 0.5) is 0 Å². The summed E-state index contributed by atoms with van der Waals surface area (Å²) in [7, 11) is 1.68. The van der Waals surface area contributed by atoms with Crippen LogP contribution in [0.3, 0.4) is 0 Å². The molecule has 0 radical (unpaired) electrons. The number of hydrogen-bond donors (Lipinski definition) is 0. The first-order valence-corrected chi connectivity index (χ1v) is 6.30. The van der Waals surface area contributed by atoms with Gasteiger partial charge in [-0.3, -0.25) is 9.78 Å². The highest BCUT2D eigenvalue weighted by Gasteiger charge is 2.16. The molecular weight excluding hydrogens is 285 g/mol. The van der Waals surface area contributed by atoms with E-state index in [0.717, 1.165) is 5.69 Å². The van der Waals surface area contributed by atoms with Crippen LogP contribution < -0.4 is 0 Å². The summed E-state index contributed by atoms with van der Waals surface area (Å²) in [6.07, 6.45) is 3.05. The average molecular weight is 296 g/mol. The predicted molar refractivity (Wildman–Crippen MR) is 74.3 cm³/mol. The zero-order chi connectivity index (χ0) is 13.8. The summed E-state index contributed by atoms with van der Waals surface area (Å²) in [5, 5.41) is 0.515. The van der Waals surface area contributed by atoms with E-state index in [1.807, 2.05) is 18.2 Å². The molecule has 0 aliphatic rings. The van der Waals surface area contributed by atoms with Gasteiger partial charge in [-0.25, -0.2) is 4.98 Å². The van der Waals surface area contributed by atoms with Gasteiger partial charge < -0.3 is 4.90 Å². The summed E-state index contributed by atoms with van der Waals surface area (Å²) >= 11 is 11.7. The Hall–Kier alpha value is -1.65. The van der Waals surface area contributed by atoms with Crippen LogP contribution in [-0.4, -0.2) is 27.8 Å². The summed E-state index contributed by atoms with van der Waals surface area (Å²) < 4.78 is 0. The lowest BCUT2D eigenvalue weighted by Gasteiger charge is -2.17. The molecule has 2 aromatic rings. The number of aromatic nitrogens is 2. The first kappa shape index (κ1) is 13.8. The topological polar surface area (TPSA) is 46.1 Å². The minimum atomic E-state index is -0.222. The van der Waals surface area contributed by atoms with Crippen molar-refractivity contribution in [1.29, 1.82) is 0 Å². The molecule has 4 nitrogen and oxygen atoms in total. The van der Waals surface area contributed by atoms with E-state index in [0.29, 0.717) is 12.1 Å². The molecule has 0 N–H and O–H groups in total. The number of nitrogens with zero attached hydrogens (tertiary/aromatic N) is 3. The van der Waals surface area contributed by atoms with Crippen molar-refractivity contribution in [3.63, 3.8) is 0 Å². The van der Waals surface area contributed by atoms with Crippen molar-refractivity contribution in [2.24, 2.45) is 0 Å². The standard InChI is InChI=1S/C13H11Cl2N3O/c1-18(8-9-4-2-3-5-16-9)13(19)10-6-12(15)17-7-11(10)14/h2-7H,8H2,1H3. The lowest BCUT2D eigenvalue weighted by Crippen LogP contribution is -2.27. The molecule has 0 atom stereocenters. The van der Waals surface area contributed by atoms with E-state index in [4.69, 9.17) is 23.2 Å². The maximum Gasteiger partial charge on any atom is 0.255 e. The monoisotopic (exact) mass is 295 g/mol. The van der Waals surface area contributed by atoms with E-state index >= 15 is 0 Å². The van der Waals surface area contributed by atoms with Crippen LogP contribution in [0.5, 0.6) is 0 Å². The summed E-state index contributed by atoms with van der Waals surface area (Å²) in [5.41, 5.74) is 1.13. The smallest absolute Gasteiger partial charge is 0.255 e. The Balaban J connectivity index is 2.17. The van der Waals surface area contributed by atoms with Crippen molar-refractivity contribution in [1.82, 2.24) is 14.9 Å². The molecule has 2 rings (SSSR count). The van der Waals surface area contributed by atoms with Gasteiger partial charge >= 0.3 is 0 Å². The zero-order valence-electron chi connectivity index (χ0n) is 10.2. The van der Waals surface area contributed by atoms with E-state index < -0.39 is 0 Å². The third kappa shape index (κ3) is 3.43. The van der Waals surface area contributed by atoms with Gasteiger partial charge in [0.05, 0.1) is 22.8 Å². The molecule has 2 heterocycles. The molecule has 0 unspecified atom stereocenters. The van der Waals surface area contributed by atoms with Crippen LogP contribution in [0.25, 0.3) is 0 Å². The lowest BCUT2D eigenvalue weighted by molar-refractivity contribution is 0.0783. The number of amides is 1. The molecule has 2 aromatic heterocycles. The largest absolute Gasteiger partial charge is 0.336 e. The minimum absolute atomic E-state index is 0.222. The summed E-state index contributed by atoms with van der Waals surface area (Å²) in [4.78, 5) is 21.8. The van der Waals surface area contributed by atoms with Gasteiger partial charge in [-0.15, -0.1) is 0 Å². The molecular formula is C13H11Cl2N3O. The van der Waals surface area contributed by atoms with Crippen LogP contribution >= 0.6 is 23.2 Å². The second kappa shape index (κ2) is 5.99. The third-order valence-electron chi connectivity index (χ3n) is 2.52. The van der Waals surface area contributed by atoms with Crippen molar-refractivity contribution >= 4 is 29.1 Å². The number of rotatable bonds is 3. The van der Waals surface area contributed by atoms with Crippen LogP contribution in [0.2, 0.25) is 10.2 Å². The van der Waals surface area contributed by atoms with Crippen molar-refractivity contribution in [2.75, 3.05) is 7.05 Å². The van der Waals surface area contributed by atoms with Gasteiger partial charge in [-0.2, -0.15) is 0 Å². The highest BCUT2D eigenvalue weighted by atomic mass is 35.5. The van der Waals surface area contributed by atoms with E-state index in [-0.39, 0.29) is 16.1 Å². The molecule has 98 valence electrons. The first-order valence-electron chi connectivity index (χ1n) is 5.54. The van der Waals surface area contributed by atoms with Gasteiger partial charge in [-0.1, -0.05) is 29.3 Å². The summed E-state index contributed by atoms with van der Waals surface area (Å²) in [6, 6.07) is 7.01. The van der Waals surface area contributed by atoms with E-state index in [9.17, 15) is 4.79 Å². The van der Waals surface area contributed by atoms with Crippen LogP contribution in [0.1, 0.15) is 16.1 Å². The molecule has 0 bridgehead atoms. The Labute approximate surface area is 121 Å². The lowest BCUT2D eigenvalue weighted by atomic mass is 10.2. The molecule has 0 fully saturated rings. The Bertz CT molecular complexity index is 590. The predicted octanol–water partition coefficient (Wildman–Crippen LogP) is 3.06. The molecule has 0 aliphatic heterocycles. The number of halogens is 2. The zero-order valence-corrected chi connectivity index (χ0v) is 11.7. The molecule has 0 spiro atoms. The fraction of sp³-hybridized carbons (Fsp3) is 0.154. The fourth-order valence-electron chi connectivity index (χ4n) is 1.59. The number of carbonyl (C=O) groups is 1. The molecule has 1 amide bonds. The van der Waals surface area contributed by atoms with Gasteiger partial charge in [0, 0.05) is 19.4 Å². The fourth-order valence-corrected chi connectivity index (χ4v) is 1.93. The minimum Gasteiger partial charge on any atom is -0.336 e. The van der Waals surface area contributed by atoms with Gasteiger partial charge in [0.2, 0.25) is 0 Å². The van der Waals surface area contributed by atoms with Gasteiger partial charge in [0.1, 0.15) is 5.15 Å². The second-order valence-electron chi connectivity index (χ2n) is 3.97. The van der Waals surface area contributed by atoms with Crippen molar-refractivity contribution < 1.29 is 4.79 Å². The van der Waals surface area contributed by atoms with Gasteiger partial charge in [-0.05, 0) is 18.2 Å². The summed E-state index contributed by atoms with van der Waals surface area (Å²) in [6.45, 7) is 0.399. The summed E-state index contributed by atoms with van der Waals surface area (Å²) in [5.74, 6) is -0.222. The molecule has 6 heteroatoms. The Morgan fingerprint density at radius 2 is 2.11 bits per heavy atom. The number of pyridine rings is 2. The highest BCUT2D eigenvalue weighted by Crippen LogP contribution is 2.20. The second-order valence-corrected chi connectivity index (χ2v) is 4.76. The number of hydrogen-bond acceptors (Lipinski definition) is 3. The van der Waals surface area contributed by atoms with E-state index in [2.05, 4.69) is 9.97 Å². The van der Waals surface area contributed by atoms with Crippen molar-refractivity contribution in [3.8, 4) is 0 Å². The van der Waals surface area contributed by atoms with Gasteiger partial charge in [0.15, 0.2) is 0 Å². The molecule has 19 heavy (non-hydrogen) atoms. The van der Waals surface area contributed by atoms with Crippen molar-refractivity contribution in [3.05, 3.63) is 58.1 Å². The SMILES string of the molecule is CN(Cc1ccccn1)C(=O)c1cc(Cl)ncc1Cl. The van der Waals surface area contributed by atoms with E-state index in [1.54, 1.807) is 13.2 Å². The molecule has 0 aliphatic carbocycles. The third-order valence-corrected chi connectivity index (χ3v) is 3.03. The maximum absolute atomic E-state index is 12.2. The van der Waals surface area contributed by atoms with Crippen LogP contribution in [-0.2, 0) is 6.54 Å². The average Bonchev–Trinajstić information content (AvgIpc) is 2.42. The number of carbonyl (C=O) groups excluding carboxylic acids is 1. The normalized spacial score (nSPS) is 10.3. The Morgan fingerprint density at radius 1 is 1.32 bits per heavy atom. The van der Waals surface area contributed by atoms with E-state index in [1.165, 1.54) is 17.2 Å². The first-order chi connectivity index (χ1) is 9.08. The maximum atomic E-state index is 12.2. The van der Waals surface area contributed by atoms with Crippen molar-refractivity contribution in [2.45, 2.75) is 6.54 Å². The Kier molecular flexibility index (Phi) is 4.35. The van der Waals surface area contributed by atoms with Gasteiger partial charge in [0.25, 0.3) is 5.91 Å². The quantitative estimate of drug-likeness (QED) is 0.818. The molecule has 0 saturated heterocycles. The molecule has 0 aromatic carbocycles.